The summed E-state index contributed by atoms with van der Waals surface area (Å²) in [6.07, 6.45) is 0. The number of hydrogen-bond donors (Lipinski definition) is 3. The van der Waals surface area contributed by atoms with Gasteiger partial charge in [-0.3, -0.25) is 0 Å². The van der Waals surface area contributed by atoms with E-state index >= 15 is 0 Å². The van der Waals surface area contributed by atoms with E-state index in [1.807, 2.05) is 18.4 Å². The lowest BCUT2D eigenvalue weighted by Crippen LogP contribution is -2.40. The molecule has 0 saturated heterocycles. The minimum atomic E-state index is -3.61. The number of hydrogen-bond acceptors (Lipinski definition) is 5. The molecule has 0 aliphatic carbocycles. The van der Waals surface area contributed by atoms with Crippen LogP contribution in [0, 0.1) is 13.8 Å². The summed E-state index contributed by atoms with van der Waals surface area (Å²) in [6.45, 7) is 10.5. The van der Waals surface area contributed by atoms with Crippen LogP contribution in [0.5, 0.6) is 0 Å². The van der Waals surface area contributed by atoms with Gasteiger partial charge in [0.15, 0.2) is 0 Å². The van der Waals surface area contributed by atoms with E-state index in [1.165, 1.54) is 0 Å². The third-order valence-corrected chi connectivity index (χ3v) is 6.88. The van der Waals surface area contributed by atoms with Gasteiger partial charge in [0.05, 0.1) is 22.1 Å². The summed E-state index contributed by atoms with van der Waals surface area (Å²) in [5, 5.41) is 8.31. The zero-order valence-corrected chi connectivity index (χ0v) is 18.6. The molecule has 0 bridgehead atoms. The molecule has 0 aliphatic rings. The smallest absolute Gasteiger partial charge is 0.315 e. The Morgan fingerprint density at radius 3 is 2.50 bits per heavy atom. The molecule has 2 aromatic rings. The Morgan fingerprint density at radius 2 is 1.86 bits per heavy atom. The lowest BCUT2D eigenvalue weighted by molar-refractivity contribution is 0.240. The molecule has 9 heteroatoms. The fourth-order valence-electron chi connectivity index (χ4n) is 2.40. The Morgan fingerprint density at radius 1 is 1.14 bits per heavy atom. The van der Waals surface area contributed by atoms with Gasteiger partial charge in [0, 0.05) is 23.9 Å². The van der Waals surface area contributed by atoms with Crippen LogP contribution in [-0.2, 0) is 22.0 Å². The minimum Gasteiger partial charge on any atom is -0.337 e. The summed E-state index contributed by atoms with van der Waals surface area (Å²) in [6, 6.07) is 4.92. The molecule has 0 fully saturated rings. The number of aromatic nitrogens is 1. The van der Waals surface area contributed by atoms with Gasteiger partial charge in [0.2, 0.25) is 10.0 Å². The van der Waals surface area contributed by atoms with Crippen molar-refractivity contribution >= 4 is 27.4 Å². The summed E-state index contributed by atoms with van der Waals surface area (Å²) in [4.78, 5) is 16.7. The highest BCUT2D eigenvalue weighted by molar-refractivity contribution is 7.89. The van der Waals surface area contributed by atoms with Crippen LogP contribution in [0.2, 0.25) is 0 Å². The molecular weight excluding hydrogens is 396 g/mol. The van der Waals surface area contributed by atoms with Crippen LogP contribution in [0.3, 0.4) is 0 Å². The quantitative estimate of drug-likeness (QED) is 0.595. The first-order valence-corrected chi connectivity index (χ1v) is 11.4. The maximum Gasteiger partial charge on any atom is 0.315 e. The molecule has 1 aromatic carbocycles. The minimum absolute atomic E-state index is 0.0159. The first kappa shape index (κ1) is 22.3. The summed E-state index contributed by atoms with van der Waals surface area (Å²) in [7, 11) is -3.61. The van der Waals surface area contributed by atoms with Crippen LogP contribution in [-0.4, -0.2) is 32.5 Å². The highest BCUT2D eigenvalue weighted by Gasteiger charge is 2.18. The Bertz CT molecular complexity index is 931. The number of thiazole rings is 1. The number of carbonyl (C=O) groups is 1. The summed E-state index contributed by atoms with van der Waals surface area (Å²) in [5.74, 6) is 0. The molecule has 3 N–H and O–H groups in total. The normalized spacial score (nSPS) is 12.0. The largest absolute Gasteiger partial charge is 0.337 e. The highest BCUT2D eigenvalue weighted by Crippen LogP contribution is 2.25. The topological polar surface area (TPSA) is 100 Å². The zero-order chi connectivity index (χ0) is 20.9. The lowest BCUT2D eigenvalue weighted by atomic mass is 9.98. The van der Waals surface area contributed by atoms with Gasteiger partial charge in [-0.1, -0.05) is 32.9 Å². The predicted molar refractivity (Wildman–Crippen MR) is 112 cm³/mol. The van der Waals surface area contributed by atoms with Gasteiger partial charge in [0.1, 0.15) is 0 Å². The standard InChI is InChI=1S/C19H28N4O3S2/c1-13-6-7-14(2)16(10-13)28(25,26)22-9-8-20-18(24)21-11-15-12-27-17(23-15)19(3,4)5/h6-7,10,12,22H,8-9,11H2,1-5H3,(H2,20,21,24). The second-order valence-corrected chi connectivity index (χ2v) is 10.3. The van der Waals surface area contributed by atoms with Crippen LogP contribution in [0.25, 0.3) is 0 Å². The Labute approximate surface area is 171 Å². The number of nitrogens with zero attached hydrogens (tertiary/aromatic N) is 1. The third-order valence-electron chi connectivity index (χ3n) is 3.96. The van der Waals surface area contributed by atoms with Gasteiger partial charge in [-0.05, 0) is 31.0 Å². The second-order valence-electron chi connectivity index (χ2n) is 7.67. The van der Waals surface area contributed by atoms with Crippen molar-refractivity contribution in [1.29, 1.82) is 0 Å². The number of urea groups is 1. The van der Waals surface area contributed by atoms with E-state index < -0.39 is 10.0 Å². The third kappa shape index (κ3) is 6.29. The molecule has 0 aliphatic heterocycles. The molecule has 0 spiro atoms. The summed E-state index contributed by atoms with van der Waals surface area (Å²) < 4.78 is 27.3. The van der Waals surface area contributed by atoms with E-state index in [1.54, 1.807) is 30.4 Å². The average Bonchev–Trinajstić information content (AvgIpc) is 3.08. The van der Waals surface area contributed by atoms with Crippen molar-refractivity contribution in [3.05, 3.63) is 45.4 Å². The number of aryl methyl sites for hydroxylation is 2. The van der Waals surface area contributed by atoms with Crippen LogP contribution >= 0.6 is 11.3 Å². The van der Waals surface area contributed by atoms with Gasteiger partial charge >= 0.3 is 6.03 Å². The lowest BCUT2D eigenvalue weighted by Gasteiger charge is -2.13. The first-order valence-electron chi connectivity index (χ1n) is 9.02. The summed E-state index contributed by atoms with van der Waals surface area (Å²) >= 11 is 1.57. The van der Waals surface area contributed by atoms with Crippen molar-refractivity contribution < 1.29 is 13.2 Å². The van der Waals surface area contributed by atoms with E-state index in [2.05, 4.69) is 41.1 Å². The zero-order valence-electron chi connectivity index (χ0n) is 16.9. The van der Waals surface area contributed by atoms with Crippen molar-refractivity contribution in [1.82, 2.24) is 20.3 Å². The van der Waals surface area contributed by atoms with Crippen molar-refractivity contribution in [3.63, 3.8) is 0 Å². The molecule has 1 aromatic heterocycles. The highest BCUT2D eigenvalue weighted by atomic mass is 32.2. The molecule has 28 heavy (non-hydrogen) atoms. The second kappa shape index (κ2) is 9.02. The van der Waals surface area contributed by atoms with Gasteiger partial charge in [-0.25, -0.2) is 22.9 Å². The maximum atomic E-state index is 12.4. The van der Waals surface area contributed by atoms with Crippen LogP contribution in [0.1, 0.15) is 42.6 Å². The van der Waals surface area contributed by atoms with Crippen LogP contribution in [0.15, 0.2) is 28.5 Å². The van der Waals surface area contributed by atoms with E-state index in [9.17, 15) is 13.2 Å². The van der Waals surface area contributed by atoms with Crippen LogP contribution < -0.4 is 15.4 Å². The fraction of sp³-hybridized carbons (Fsp3) is 0.474. The first-order chi connectivity index (χ1) is 13.0. The van der Waals surface area contributed by atoms with E-state index in [-0.39, 0.29) is 29.4 Å². The monoisotopic (exact) mass is 424 g/mol. The molecule has 0 saturated carbocycles. The number of benzene rings is 1. The van der Waals surface area contributed by atoms with Crippen molar-refractivity contribution in [2.75, 3.05) is 13.1 Å². The van der Waals surface area contributed by atoms with Gasteiger partial charge in [0.25, 0.3) is 0 Å². The molecule has 2 rings (SSSR count). The van der Waals surface area contributed by atoms with Crippen molar-refractivity contribution in [2.45, 2.75) is 51.5 Å². The molecule has 0 atom stereocenters. The number of rotatable bonds is 7. The Hall–Kier alpha value is -1.97. The number of sulfonamides is 1. The van der Waals surface area contributed by atoms with Gasteiger partial charge in [-0.2, -0.15) is 0 Å². The molecule has 1 heterocycles. The molecule has 7 nitrogen and oxygen atoms in total. The molecule has 2 amide bonds. The van der Waals surface area contributed by atoms with Gasteiger partial charge < -0.3 is 10.6 Å². The predicted octanol–water partition coefficient (Wildman–Crippen LogP) is 2.84. The molecule has 0 radical (unpaired) electrons. The van der Waals surface area contributed by atoms with E-state index in [0.29, 0.717) is 12.1 Å². The van der Waals surface area contributed by atoms with E-state index in [0.717, 1.165) is 16.3 Å². The SMILES string of the molecule is Cc1ccc(C)c(S(=O)(=O)NCCNC(=O)NCc2csc(C(C)(C)C)n2)c1. The molecular formula is C19H28N4O3S2. The van der Waals surface area contributed by atoms with Crippen molar-refractivity contribution in [3.8, 4) is 0 Å². The molecule has 154 valence electrons. The number of amides is 2. The maximum absolute atomic E-state index is 12.4. The van der Waals surface area contributed by atoms with Gasteiger partial charge in [-0.15, -0.1) is 11.3 Å². The molecule has 0 unspecified atom stereocenters. The average molecular weight is 425 g/mol. The Balaban J connectivity index is 1.76. The van der Waals surface area contributed by atoms with E-state index in [4.69, 9.17) is 0 Å². The van der Waals surface area contributed by atoms with Crippen molar-refractivity contribution in [2.24, 2.45) is 0 Å². The number of carbonyl (C=O) groups excluding carboxylic acids is 1. The number of nitrogens with one attached hydrogen (secondary N) is 3. The fourth-order valence-corrected chi connectivity index (χ4v) is 4.67. The summed E-state index contributed by atoms with van der Waals surface area (Å²) in [5.41, 5.74) is 2.35. The van der Waals surface area contributed by atoms with Crippen LogP contribution in [0.4, 0.5) is 4.79 Å². The Kier molecular flexibility index (Phi) is 7.19.